The smallest absolute Gasteiger partial charge is 0.0672 e. The largest absolute Gasteiger partial charge is 0.385 e. The SMILES string of the molecule is COCCCCC1(CNC(C)C)CCOC1C1CC1. The van der Waals surface area contributed by atoms with Gasteiger partial charge in [-0.3, -0.25) is 0 Å². The zero-order valence-corrected chi connectivity index (χ0v) is 12.9. The Labute approximate surface area is 118 Å². The second-order valence-electron chi connectivity index (χ2n) is 6.73. The molecule has 3 heteroatoms. The van der Waals surface area contributed by atoms with Crippen LogP contribution in [0, 0.1) is 11.3 Å². The maximum Gasteiger partial charge on any atom is 0.0672 e. The number of hydrogen-bond donors (Lipinski definition) is 1. The highest BCUT2D eigenvalue weighted by atomic mass is 16.5. The molecular formula is C16H31NO2. The van der Waals surface area contributed by atoms with Crippen LogP contribution in [0.3, 0.4) is 0 Å². The molecule has 0 aromatic heterocycles. The van der Waals surface area contributed by atoms with Crippen LogP contribution < -0.4 is 5.32 Å². The summed E-state index contributed by atoms with van der Waals surface area (Å²) in [5, 5.41) is 3.67. The molecule has 0 spiro atoms. The predicted octanol–water partition coefficient (Wildman–Crippen LogP) is 2.99. The summed E-state index contributed by atoms with van der Waals surface area (Å²) in [7, 11) is 1.79. The van der Waals surface area contributed by atoms with E-state index < -0.39 is 0 Å². The molecule has 1 heterocycles. The lowest BCUT2D eigenvalue weighted by Crippen LogP contribution is -2.44. The Balaban J connectivity index is 1.90. The van der Waals surface area contributed by atoms with Gasteiger partial charge in [-0.1, -0.05) is 20.3 Å². The van der Waals surface area contributed by atoms with Crippen molar-refractivity contribution < 1.29 is 9.47 Å². The average molecular weight is 269 g/mol. The van der Waals surface area contributed by atoms with Gasteiger partial charge in [-0.05, 0) is 38.0 Å². The molecule has 0 amide bonds. The lowest BCUT2D eigenvalue weighted by atomic mass is 9.74. The van der Waals surface area contributed by atoms with Gasteiger partial charge in [0.2, 0.25) is 0 Å². The highest BCUT2D eigenvalue weighted by Crippen LogP contribution is 2.50. The number of hydrogen-bond acceptors (Lipinski definition) is 3. The van der Waals surface area contributed by atoms with Crippen LogP contribution in [-0.2, 0) is 9.47 Å². The molecule has 0 aromatic rings. The normalized spacial score (nSPS) is 31.3. The van der Waals surface area contributed by atoms with Crippen LogP contribution in [0.25, 0.3) is 0 Å². The zero-order chi connectivity index (χ0) is 13.7. The Morgan fingerprint density at radius 1 is 1.32 bits per heavy atom. The van der Waals surface area contributed by atoms with E-state index in [1.165, 1.54) is 38.5 Å². The first-order valence-corrected chi connectivity index (χ1v) is 8.02. The van der Waals surface area contributed by atoms with Gasteiger partial charge < -0.3 is 14.8 Å². The quantitative estimate of drug-likeness (QED) is 0.653. The highest BCUT2D eigenvalue weighted by Gasteiger charge is 2.50. The molecule has 1 aliphatic heterocycles. The Bertz CT molecular complexity index is 265. The van der Waals surface area contributed by atoms with Gasteiger partial charge >= 0.3 is 0 Å². The van der Waals surface area contributed by atoms with E-state index in [1.807, 2.05) is 0 Å². The second kappa shape index (κ2) is 7.05. The molecule has 2 unspecified atom stereocenters. The third-order valence-electron chi connectivity index (χ3n) is 4.69. The van der Waals surface area contributed by atoms with Crippen LogP contribution in [0.4, 0.5) is 0 Å². The molecule has 2 aliphatic rings. The third kappa shape index (κ3) is 4.17. The summed E-state index contributed by atoms with van der Waals surface area (Å²) in [6, 6.07) is 0.566. The predicted molar refractivity (Wildman–Crippen MR) is 78.4 cm³/mol. The number of unbranched alkanes of at least 4 members (excludes halogenated alkanes) is 1. The molecule has 0 aromatic carbocycles. The van der Waals surface area contributed by atoms with E-state index in [1.54, 1.807) is 7.11 Å². The van der Waals surface area contributed by atoms with Crippen molar-refractivity contribution >= 4 is 0 Å². The summed E-state index contributed by atoms with van der Waals surface area (Å²) < 4.78 is 11.3. The van der Waals surface area contributed by atoms with Crippen molar-refractivity contribution in [1.82, 2.24) is 5.32 Å². The summed E-state index contributed by atoms with van der Waals surface area (Å²) in [6.45, 7) is 7.45. The highest BCUT2D eigenvalue weighted by molar-refractivity contribution is 5.00. The van der Waals surface area contributed by atoms with Gasteiger partial charge in [0, 0.05) is 38.3 Å². The zero-order valence-electron chi connectivity index (χ0n) is 12.9. The van der Waals surface area contributed by atoms with Crippen molar-refractivity contribution in [3.63, 3.8) is 0 Å². The summed E-state index contributed by atoms with van der Waals surface area (Å²) in [4.78, 5) is 0. The topological polar surface area (TPSA) is 30.5 Å². The van der Waals surface area contributed by atoms with Crippen LogP contribution in [0.1, 0.15) is 52.4 Å². The molecule has 1 saturated heterocycles. The lowest BCUT2D eigenvalue weighted by Gasteiger charge is -2.35. The van der Waals surface area contributed by atoms with Crippen LogP contribution in [0.5, 0.6) is 0 Å². The average Bonchev–Trinajstić information content (AvgIpc) is 3.14. The minimum absolute atomic E-state index is 0.388. The summed E-state index contributed by atoms with van der Waals surface area (Å²) in [5.74, 6) is 0.846. The van der Waals surface area contributed by atoms with E-state index in [4.69, 9.17) is 9.47 Å². The summed E-state index contributed by atoms with van der Waals surface area (Å²) in [5.41, 5.74) is 0.388. The van der Waals surface area contributed by atoms with Gasteiger partial charge in [0.15, 0.2) is 0 Å². The van der Waals surface area contributed by atoms with Gasteiger partial charge in [-0.25, -0.2) is 0 Å². The fourth-order valence-electron chi connectivity index (χ4n) is 3.42. The Morgan fingerprint density at radius 3 is 2.74 bits per heavy atom. The van der Waals surface area contributed by atoms with Crippen molar-refractivity contribution in [2.45, 2.75) is 64.5 Å². The van der Waals surface area contributed by atoms with Crippen LogP contribution in [0.15, 0.2) is 0 Å². The Morgan fingerprint density at radius 2 is 2.11 bits per heavy atom. The molecule has 1 saturated carbocycles. The minimum atomic E-state index is 0.388. The number of ether oxygens (including phenoxy) is 2. The van der Waals surface area contributed by atoms with Crippen molar-refractivity contribution in [2.24, 2.45) is 11.3 Å². The van der Waals surface area contributed by atoms with E-state index in [2.05, 4.69) is 19.2 Å². The molecule has 1 aliphatic carbocycles. The third-order valence-corrected chi connectivity index (χ3v) is 4.69. The van der Waals surface area contributed by atoms with E-state index >= 15 is 0 Å². The maximum absolute atomic E-state index is 6.11. The van der Waals surface area contributed by atoms with E-state index in [9.17, 15) is 0 Å². The molecular weight excluding hydrogens is 238 g/mol. The van der Waals surface area contributed by atoms with Gasteiger partial charge in [-0.2, -0.15) is 0 Å². The molecule has 112 valence electrons. The van der Waals surface area contributed by atoms with Gasteiger partial charge in [0.25, 0.3) is 0 Å². The molecule has 1 N–H and O–H groups in total. The Kier molecular flexibility index (Phi) is 5.67. The second-order valence-corrected chi connectivity index (χ2v) is 6.73. The maximum atomic E-state index is 6.11. The molecule has 2 rings (SSSR count). The van der Waals surface area contributed by atoms with Crippen molar-refractivity contribution in [3.8, 4) is 0 Å². The van der Waals surface area contributed by atoms with Crippen molar-refractivity contribution in [2.75, 3.05) is 26.9 Å². The minimum Gasteiger partial charge on any atom is -0.385 e. The molecule has 0 bridgehead atoms. The van der Waals surface area contributed by atoms with Gasteiger partial charge in [0.05, 0.1) is 6.10 Å². The van der Waals surface area contributed by atoms with E-state index in [0.29, 0.717) is 17.6 Å². The van der Waals surface area contributed by atoms with E-state index in [0.717, 1.165) is 25.7 Å². The monoisotopic (exact) mass is 269 g/mol. The van der Waals surface area contributed by atoms with Crippen molar-refractivity contribution in [3.05, 3.63) is 0 Å². The lowest BCUT2D eigenvalue weighted by molar-refractivity contribution is 0.0237. The molecule has 2 atom stereocenters. The number of nitrogens with one attached hydrogen (secondary N) is 1. The van der Waals surface area contributed by atoms with E-state index in [-0.39, 0.29) is 0 Å². The Hall–Kier alpha value is -0.120. The van der Waals surface area contributed by atoms with Gasteiger partial charge in [0.1, 0.15) is 0 Å². The molecule has 19 heavy (non-hydrogen) atoms. The van der Waals surface area contributed by atoms with Crippen molar-refractivity contribution in [1.29, 1.82) is 0 Å². The summed E-state index contributed by atoms with van der Waals surface area (Å²) in [6.07, 6.45) is 8.25. The number of methoxy groups -OCH3 is 1. The fourth-order valence-corrected chi connectivity index (χ4v) is 3.42. The number of rotatable bonds is 9. The first kappa shape index (κ1) is 15.3. The molecule has 3 nitrogen and oxygen atoms in total. The first-order valence-electron chi connectivity index (χ1n) is 8.02. The standard InChI is InChI=1S/C16H31NO2/c1-13(2)17-12-16(8-4-5-10-18-3)9-11-19-15(16)14-6-7-14/h13-15,17H,4-12H2,1-3H3. The molecule has 2 fully saturated rings. The van der Waals surface area contributed by atoms with Crippen LogP contribution in [-0.4, -0.2) is 39.0 Å². The summed E-state index contributed by atoms with van der Waals surface area (Å²) >= 11 is 0. The van der Waals surface area contributed by atoms with Crippen LogP contribution >= 0.6 is 0 Å². The molecule has 0 radical (unpaired) electrons. The van der Waals surface area contributed by atoms with Gasteiger partial charge in [-0.15, -0.1) is 0 Å². The fraction of sp³-hybridized carbons (Fsp3) is 1.00. The first-order chi connectivity index (χ1) is 9.18. The van der Waals surface area contributed by atoms with Crippen LogP contribution in [0.2, 0.25) is 0 Å².